The summed E-state index contributed by atoms with van der Waals surface area (Å²) in [6.45, 7) is 3.18. The number of hydrogen-bond acceptors (Lipinski definition) is 5. The fraction of sp³-hybridized carbons (Fsp3) is 0.556. The third kappa shape index (κ3) is 5.17. The highest BCUT2D eigenvalue weighted by atomic mass is 16.5. The number of para-hydroxylation sites is 1. The third-order valence-corrected chi connectivity index (χ3v) is 4.07. The quantitative estimate of drug-likeness (QED) is 0.809. The molecule has 1 aromatic rings. The van der Waals surface area contributed by atoms with E-state index in [9.17, 15) is 9.59 Å². The van der Waals surface area contributed by atoms with Gasteiger partial charge in [0, 0.05) is 25.8 Å². The minimum absolute atomic E-state index is 0.0648. The first-order valence-electron chi connectivity index (χ1n) is 8.36. The van der Waals surface area contributed by atoms with Crippen LogP contribution < -0.4 is 10.1 Å². The number of benzene rings is 1. The van der Waals surface area contributed by atoms with E-state index in [1.807, 2.05) is 43.3 Å². The van der Waals surface area contributed by atoms with Gasteiger partial charge < -0.3 is 24.6 Å². The molecule has 0 fully saturated rings. The average Bonchev–Trinajstić information content (AvgIpc) is 2.73. The molecule has 1 aliphatic heterocycles. The van der Waals surface area contributed by atoms with Gasteiger partial charge in [0.15, 0.2) is 0 Å². The topological polar surface area (TPSA) is 71.1 Å². The SMILES string of the molecule is COCC(=O)N[C@@H](C)C(=O)N1Cc2ccccc2OC[C@H]1CN(C)C. The van der Waals surface area contributed by atoms with E-state index < -0.39 is 6.04 Å². The molecule has 0 saturated carbocycles. The molecule has 0 aliphatic carbocycles. The van der Waals surface area contributed by atoms with E-state index in [0.29, 0.717) is 19.7 Å². The van der Waals surface area contributed by atoms with E-state index in [0.717, 1.165) is 11.3 Å². The Bertz CT molecular complexity index is 606. The maximum absolute atomic E-state index is 13.0. The van der Waals surface area contributed by atoms with Crippen LogP contribution in [0.5, 0.6) is 5.75 Å². The van der Waals surface area contributed by atoms with E-state index >= 15 is 0 Å². The lowest BCUT2D eigenvalue weighted by Gasteiger charge is -2.33. The van der Waals surface area contributed by atoms with Crippen LogP contribution in [0.4, 0.5) is 0 Å². The molecule has 2 atom stereocenters. The van der Waals surface area contributed by atoms with Crippen molar-refractivity contribution in [1.82, 2.24) is 15.1 Å². The fourth-order valence-corrected chi connectivity index (χ4v) is 2.92. The number of fused-ring (bicyclic) bond motifs is 1. The molecule has 7 heteroatoms. The van der Waals surface area contributed by atoms with Gasteiger partial charge in [0.2, 0.25) is 11.8 Å². The number of amides is 2. The Kier molecular flexibility index (Phi) is 6.78. The molecular formula is C18H27N3O4. The maximum atomic E-state index is 13.0. The Hall–Kier alpha value is -2.12. The summed E-state index contributed by atoms with van der Waals surface area (Å²) in [6.07, 6.45) is 0. The first-order chi connectivity index (χ1) is 11.9. The monoisotopic (exact) mass is 349 g/mol. The van der Waals surface area contributed by atoms with Crippen molar-refractivity contribution in [3.8, 4) is 5.75 Å². The van der Waals surface area contributed by atoms with Crippen molar-refractivity contribution in [2.75, 3.05) is 41.0 Å². The van der Waals surface area contributed by atoms with E-state index in [4.69, 9.17) is 9.47 Å². The number of carbonyl (C=O) groups excluding carboxylic acids is 2. The number of nitrogens with one attached hydrogen (secondary N) is 1. The standard InChI is InChI=1S/C18H27N3O4/c1-13(19-17(22)12-24-4)18(23)21-9-14-7-5-6-8-16(14)25-11-15(21)10-20(2)3/h5-8,13,15H,9-12H2,1-4H3,(H,19,22)/t13-,15+/m0/s1. The normalized spacial score (nSPS) is 18.1. The first kappa shape index (κ1) is 19.2. The Morgan fingerprint density at radius 3 is 2.80 bits per heavy atom. The largest absolute Gasteiger partial charge is 0.491 e. The lowest BCUT2D eigenvalue weighted by molar-refractivity contribution is -0.139. The highest BCUT2D eigenvalue weighted by Crippen LogP contribution is 2.25. The van der Waals surface area contributed by atoms with E-state index in [1.165, 1.54) is 7.11 Å². The molecular weight excluding hydrogens is 322 g/mol. The highest BCUT2D eigenvalue weighted by Gasteiger charge is 2.32. The zero-order valence-corrected chi connectivity index (χ0v) is 15.3. The lowest BCUT2D eigenvalue weighted by Crippen LogP contribution is -2.54. The second-order valence-electron chi connectivity index (χ2n) is 6.52. The summed E-state index contributed by atoms with van der Waals surface area (Å²) in [6, 6.07) is 7.00. The van der Waals surface area contributed by atoms with Gasteiger partial charge in [0.1, 0.15) is 25.0 Å². The first-order valence-corrected chi connectivity index (χ1v) is 8.36. The Morgan fingerprint density at radius 1 is 1.40 bits per heavy atom. The molecule has 0 bridgehead atoms. The number of rotatable bonds is 6. The zero-order valence-electron chi connectivity index (χ0n) is 15.3. The highest BCUT2D eigenvalue weighted by molar-refractivity contribution is 5.88. The second kappa shape index (κ2) is 8.82. The molecule has 1 aromatic carbocycles. The summed E-state index contributed by atoms with van der Waals surface area (Å²) >= 11 is 0. The minimum atomic E-state index is -0.627. The van der Waals surface area contributed by atoms with Gasteiger partial charge in [0.25, 0.3) is 0 Å². The summed E-state index contributed by atoms with van der Waals surface area (Å²) in [5, 5.41) is 2.69. The van der Waals surface area contributed by atoms with Crippen LogP contribution in [-0.2, 0) is 20.9 Å². The second-order valence-corrected chi connectivity index (χ2v) is 6.52. The number of nitrogens with zero attached hydrogens (tertiary/aromatic N) is 2. The van der Waals surface area contributed by atoms with Crippen molar-refractivity contribution >= 4 is 11.8 Å². The molecule has 0 unspecified atom stereocenters. The number of ether oxygens (including phenoxy) is 2. The molecule has 2 rings (SSSR count). The summed E-state index contributed by atoms with van der Waals surface area (Å²) < 4.78 is 10.7. The van der Waals surface area contributed by atoms with E-state index in [-0.39, 0.29) is 24.5 Å². The third-order valence-electron chi connectivity index (χ3n) is 4.07. The zero-order chi connectivity index (χ0) is 18.4. The molecule has 1 N–H and O–H groups in total. The fourth-order valence-electron chi connectivity index (χ4n) is 2.92. The van der Waals surface area contributed by atoms with E-state index in [1.54, 1.807) is 11.8 Å². The van der Waals surface area contributed by atoms with Gasteiger partial charge in [-0.1, -0.05) is 18.2 Å². The van der Waals surface area contributed by atoms with Crippen molar-refractivity contribution in [3.63, 3.8) is 0 Å². The van der Waals surface area contributed by atoms with Crippen LogP contribution >= 0.6 is 0 Å². The molecule has 0 radical (unpaired) electrons. The predicted octanol–water partition coefficient (Wildman–Crippen LogP) is 0.489. The van der Waals surface area contributed by atoms with Crippen LogP contribution in [0.1, 0.15) is 12.5 Å². The van der Waals surface area contributed by atoms with Crippen molar-refractivity contribution < 1.29 is 19.1 Å². The summed E-state index contributed by atoms with van der Waals surface area (Å²) in [5.41, 5.74) is 0.965. The molecule has 0 aromatic heterocycles. The van der Waals surface area contributed by atoms with Crippen molar-refractivity contribution in [2.24, 2.45) is 0 Å². The van der Waals surface area contributed by atoms with Crippen molar-refractivity contribution in [2.45, 2.75) is 25.6 Å². The Balaban J connectivity index is 2.19. The minimum Gasteiger partial charge on any atom is -0.491 e. The Morgan fingerprint density at radius 2 is 2.12 bits per heavy atom. The van der Waals surface area contributed by atoms with Gasteiger partial charge in [-0.3, -0.25) is 9.59 Å². The van der Waals surface area contributed by atoms with Crippen LogP contribution in [0, 0.1) is 0 Å². The number of hydrogen-bond donors (Lipinski definition) is 1. The van der Waals surface area contributed by atoms with Crippen molar-refractivity contribution in [3.05, 3.63) is 29.8 Å². The average molecular weight is 349 g/mol. The van der Waals surface area contributed by atoms with Gasteiger partial charge in [-0.2, -0.15) is 0 Å². The van der Waals surface area contributed by atoms with Crippen molar-refractivity contribution in [1.29, 1.82) is 0 Å². The van der Waals surface area contributed by atoms with Gasteiger partial charge in [0.05, 0.1) is 6.04 Å². The van der Waals surface area contributed by atoms with Gasteiger partial charge in [-0.15, -0.1) is 0 Å². The molecule has 25 heavy (non-hydrogen) atoms. The number of likely N-dealkylation sites (N-methyl/N-ethyl adjacent to an activating group) is 1. The lowest BCUT2D eigenvalue weighted by atomic mass is 10.1. The smallest absolute Gasteiger partial charge is 0.246 e. The van der Waals surface area contributed by atoms with Crippen LogP contribution in [0.3, 0.4) is 0 Å². The summed E-state index contributed by atoms with van der Waals surface area (Å²) in [5.74, 6) is 0.369. The summed E-state index contributed by atoms with van der Waals surface area (Å²) in [7, 11) is 5.37. The van der Waals surface area contributed by atoms with Crippen LogP contribution in [0.25, 0.3) is 0 Å². The van der Waals surface area contributed by atoms with Gasteiger partial charge in [-0.25, -0.2) is 0 Å². The molecule has 0 saturated heterocycles. The molecule has 2 amide bonds. The molecule has 138 valence electrons. The van der Waals surface area contributed by atoms with Gasteiger partial charge >= 0.3 is 0 Å². The summed E-state index contributed by atoms with van der Waals surface area (Å²) in [4.78, 5) is 28.5. The van der Waals surface area contributed by atoms with Crippen LogP contribution in [0.15, 0.2) is 24.3 Å². The van der Waals surface area contributed by atoms with Crippen LogP contribution in [-0.4, -0.2) is 74.7 Å². The number of carbonyl (C=O) groups is 2. The van der Waals surface area contributed by atoms with E-state index in [2.05, 4.69) is 5.32 Å². The van der Waals surface area contributed by atoms with Gasteiger partial charge in [-0.05, 0) is 27.1 Å². The number of methoxy groups -OCH3 is 1. The molecule has 0 spiro atoms. The Labute approximate surface area is 148 Å². The molecule has 1 heterocycles. The van der Waals surface area contributed by atoms with Crippen LogP contribution in [0.2, 0.25) is 0 Å². The molecule has 7 nitrogen and oxygen atoms in total. The maximum Gasteiger partial charge on any atom is 0.246 e. The molecule has 1 aliphatic rings. The predicted molar refractivity (Wildman–Crippen MR) is 94.3 cm³/mol.